The van der Waals surface area contributed by atoms with E-state index in [9.17, 15) is 9.90 Å². The van der Waals surface area contributed by atoms with Gasteiger partial charge < -0.3 is 9.84 Å². The van der Waals surface area contributed by atoms with Crippen LogP contribution in [0.15, 0.2) is 52.4 Å². The molecule has 1 aromatic heterocycles. The van der Waals surface area contributed by atoms with Crippen LogP contribution in [0.25, 0.3) is 10.9 Å². The van der Waals surface area contributed by atoms with Crippen LogP contribution in [-0.2, 0) is 6.54 Å². The van der Waals surface area contributed by atoms with Crippen molar-refractivity contribution in [2.75, 3.05) is 12.4 Å². The van der Waals surface area contributed by atoms with Crippen LogP contribution in [0.1, 0.15) is 24.5 Å². The van der Waals surface area contributed by atoms with Crippen molar-refractivity contribution in [1.82, 2.24) is 9.55 Å². The number of aromatic nitrogens is 2. The summed E-state index contributed by atoms with van der Waals surface area (Å²) in [6.07, 6.45) is 0.176. The highest BCUT2D eigenvalue weighted by molar-refractivity contribution is 7.99. The Morgan fingerprint density at radius 2 is 1.89 bits per heavy atom. The lowest BCUT2D eigenvalue weighted by atomic mass is 10.1. The molecule has 2 aromatic carbocycles. The van der Waals surface area contributed by atoms with E-state index in [1.54, 1.807) is 10.6 Å². The lowest BCUT2D eigenvalue weighted by Gasteiger charge is -2.15. The van der Waals surface area contributed by atoms with Gasteiger partial charge in [0.15, 0.2) is 5.16 Å². The Labute approximate surface area is 169 Å². The van der Waals surface area contributed by atoms with E-state index in [-0.39, 0.29) is 12.2 Å². The van der Waals surface area contributed by atoms with E-state index in [2.05, 4.69) is 11.1 Å². The van der Waals surface area contributed by atoms with Crippen LogP contribution in [0.5, 0.6) is 5.75 Å². The fourth-order valence-corrected chi connectivity index (χ4v) is 4.04. The lowest BCUT2D eigenvalue weighted by Crippen LogP contribution is -2.25. The van der Waals surface area contributed by atoms with E-state index in [0.717, 1.165) is 23.3 Å². The zero-order valence-electron chi connectivity index (χ0n) is 16.5. The molecule has 0 spiro atoms. The normalized spacial score (nSPS) is 12.3. The number of fused-ring (bicyclic) bond motifs is 1. The number of hydrogen-bond donors (Lipinski definition) is 1. The van der Waals surface area contributed by atoms with Gasteiger partial charge in [0.1, 0.15) is 12.4 Å². The van der Waals surface area contributed by atoms with Crippen LogP contribution < -0.4 is 10.3 Å². The molecule has 0 amide bonds. The monoisotopic (exact) mass is 398 g/mol. The Kier molecular flexibility index (Phi) is 6.75. The highest BCUT2D eigenvalue weighted by atomic mass is 32.2. The zero-order chi connectivity index (χ0) is 20.1. The number of hydrogen-bond acceptors (Lipinski definition) is 5. The zero-order valence-corrected chi connectivity index (χ0v) is 17.3. The first-order valence-electron chi connectivity index (χ1n) is 9.49. The predicted molar refractivity (Wildman–Crippen MR) is 114 cm³/mol. The predicted octanol–water partition coefficient (Wildman–Crippen LogP) is 3.96. The van der Waals surface area contributed by atoms with Gasteiger partial charge in [0.2, 0.25) is 0 Å². The summed E-state index contributed by atoms with van der Waals surface area (Å²) in [5, 5.41) is 11.6. The van der Waals surface area contributed by atoms with Crippen molar-refractivity contribution in [3.05, 3.63) is 63.9 Å². The molecule has 3 aromatic rings. The first-order chi connectivity index (χ1) is 13.5. The number of aliphatic hydroxyl groups excluding tert-OH is 1. The molecule has 1 heterocycles. The first-order valence-corrected chi connectivity index (χ1v) is 10.5. The van der Waals surface area contributed by atoms with Gasteiger partial charge in [-0.1, -0.05) is 36.9 Å². The molecule has 0 unspecified atom stereocenters. The molecule has 0 aliphatic rings. The molecule has 1 atom stereocenters. The lowest BCUT2D eigenvalue weighted by molar-refractivity contribution is 0.126. The van der Waals surface area contributed by atoms with Crippen LogP contribution in [0, 0.1) is 13.8 Å². The Morgan fingerprint density at radius 1 is 1.18 bits per heavy atom. The molecule has 0 aliphatic heterocycles. The maximum absolute atomic E-state index is 12.8. The molecule has 0 saturated heterocycles. The van der Waals surface area contributed by atoms with Crippen molar-refractivity contribution in [2.24, 2.45) is 0 Å². The third kappa shape index (κ3) is 4.94. The number of aryl methyl sites for hydroxylation is 2. The minimum Gasteiger partial charge on any atom is -0.491 e. The Balaban J connectivity index is 1.70. The molecule has 0 bridgehead atoms. The minimum atomic E-state index is -0.663. The van der Waals surface area contributed by atoms with Gasteiger partial charge in [-0.3, -0.25) is 9.36 Å². The summed E-state index contributed by atoms with van der Waals surface area (Å²) >= 11 is 1.39. The smallest absolute Gasteiger partial charge is 0.262 e. The number of aliphatic hydroxyl groups is 1. The van der Waals surface area contributed by atoms with Crippen molar-refractivity contribution in [3.63, 3.8) is 0 Å². The van der Waals surface area contributed by atoms with Crippen molar-refractivity contribution >= 4 is 22.7 Å². The number of para-hydroxylation sites is 1. The maximum Gasteiger partial charge on any atom is 0.262 e. The van der Waals surface area contributed by atoms with E-state index in [1.807, 2.05) is 51.1 Å². The van der Waals surface area contributed by atoms with Crippen LogP contribution in [0.2, 0.25) is 0 Å². The molecule has 0 radical (unpaired) electrons. The van der Waals surface area contributed by atoms with Gasteiger partial charge in [-0.15, -0.1) is 0 Å². The van der Waals surface area contributed by atoms with Crippen LogP contribution >= 0.6 is 11.8 Å². The van der Waals surface area contributed by atoms with Gasteiger partial charge in [-0.2, -0.15) is 0 Å². The highest BCUT2D eigenvalue weighted by Crippen LogP contribution is 2.20. The minimum absolute atomic E-state index is 0.0316. The largest absolute Gasteiger partial charge is 0.491 e. The fraction of sp³-hybridized carbons (Fsp3) is 0.364. The van der Waals surface area contributed by atoms with Crippen molar-refractivity contribution in [1.29, 1.82) is 0 Å². The Hall–Kier alpha value is -2.31. The third-order valence-corrected chi connectivity index (χ3v) is 5.44. The van der Waals surface area contributed by atoms with Crippen molar-refractivity contribution < 1.29 is 9.84 Å². The van der Waals surface area contributed by atoms with Gasteiger partial charge in [0.25, 0.3) is 5.56 Å². The third-order valence-electron chi connectivity index (χ3n) is 4.32. The molecule has 1 N–H and O–H groups in total. The van der Waals surface area contributed by atoms with Gasteiger partial charge in [0, 0.05) is 12.3 Å². The molecule has 28 heavy (non-hydrogen) atoms. The average Bonchev–Trinajstić information content (AvgIpc) is 2.66. The number of benzene rings is 2. The summed E-state index contributed by atoms with van der Waals surface area (Å²) in [4.78, 5) is 17.4. The van der Waals surface area contributed by atoms with Crippen LogP contribution in [0.3, 0.4) is 0 Å². The second-order valence-electron chi connectivity index (χ2n) is 6.97. The molecule has 3 rings (SSSR count). The summed E-state index contributed by atoms with van der Waals surface area (Å²) in [5.74, 6) is 1.16. The van der Waals surface area contributed by atoms with Crippen molar-refractivity contribution in [3.8, 4) is 5.75 Å². The topological polar surface area (TPSA) is 64.3 Å². The van der Waals surface area contributed by atoms with E-state index in [4.69, 9.17) is 4.74 Å². The molecular weight excluding hydrogens is 372 g/mol. The number of rotatable bonds is 8. The SMILES string of the molecule is CCCn1c(SC[C@@H](O)COc2cc(C)cc(C)c2)nc2ccccc2c1=O. The van der Waals surface area contributed by atoms with Gasteiger partial charge in [-0.05, 0) is 55.7 Å². The molecule has 0 saturated carbocycles. The Bertz CT molecular complexity index is 996. The second kappa shape index (κ2) is 9.26. The summed E-state index contributed by atoms with van der Waals surface area (Å²) in [6.45, 7) is 6.87. The molecule has 0 aliphatic carbocycles. The van der Waals surface area contributed by atoms with Gasteiger partial charge in [-0.25, -0.2) is 4.98 Å². The van der Waals surface area contributed by atoms with Crippen molar-refractivity contribution in [2.45, 2.75) is 45.0 Å². The summed E-state index contributed by atoms with van der Waals surface area (Å²) in [6, 6.07) is 13.4. The highest BCUT2D eigenvalue weighted by Gasteiger charge is 2.14. The van der Waals surface area contributed by atoms with E-state index < -0.39 is 6.10 Å². The number of ether oxygens (including phenoxy) is 1. The van der Waals surface area contributed by atoms with E-state index in [1.165, 1.54) is 11.8 Å². The number of nitrogens with zero attached hydrogens (tertiary/aromatic N) is 2. The Morgan fingerprint density at radius 3 is 2.61 bits per heavy atom. The maximum atomic E-state index is 12.8. The van der Waals surface area contributed by atoms with E-state index >= 15 is 0 Å². The molecule has 148 valence electrons. The second-order valence-corrected chi connectivity index (χ2v) is 7.95. The summed E-state index contributed by atoms with van der Waals surface area (Å²) in [5.41, 5.74) is 2.91. The van der Waals surface area contributed by atoms with Crippen LogP contribution in [-0.4, -0.2) is 33.1 Å². The molecular formula is C22H26N2O3S. The molecule has 6 heteroatoms. The van der Waals surface area contributed by atoms with E-state index in [0.29, 0.717) is 28.4 Å². The molecule has 5 nitrogen and oxygen atoms in total. The summed E-state index contributed by atoms with van der Waals surface area (Å²) < 4.78 is 7.44. The fourth-order valence-electron chi connectivity index (χ4n) is 3.11. The first kappa shape index (κ1) is 20.4. The summed E-state index contributed by atoms with van der Waals surface area (Å²) in [7, 11) is 0. The average molecular weight is 399 g/mol. The number of thioether (sulfide) groups is 1. The standard InChI is InChI=1S/C22H26N2O3S/c1-4-9-24-21(26)19-7-5-6-8-20(19)23-22(24)28-14-17(25)13-27-18-11-15(2)10-16(3)12-18/h5-8,10-12,17,25H,4,9,13-14H2,1-3H3/t17-/m0/s1. The molecule has 0 fully saturated rings. The van der Waals surface area contributed by atoms with Gasteiger partial charge >= 0.3 is 0 Å². The quantitative estimate of drug-likeness (QED) is 0.460. The van der Waals surface area contributed by atoms with Crippen LogP contribution in [0.4, 0.5) is 0 Å². The van der Waals surface area contributed by atoms with Gasteiger partial charge in [0.05, 0.1) is 17.0 Å².